The lowest BCUT2D eigenvalue weighted by Crippen LogP contribution is -2.26. The highest BCUT2D eigenvalue weighted by atomic mass is 35.5. The summed E-state index contributed by atoms with van der Waals surface area (Å²) in [7, 11) is 0. The maximum absolute atomic E-state index is 14.6. The minimum absolute atomic E-state index is 0.0164. The molecule has 0 aliphatic rings. The van der Waals surface area contributed by atoms with Crippen LogP contribution in [0.1, 0.15) is 56.5 Å². The molecule has 172 valence electrons. The van der Waals surface area contributed by atoms with Crippen molar-refractivity contribution in [3.8, 4) is 28.8 Å². The largest absolute Gasteiger partial charge is 0.506 e. The second-order valence-electron chi connectivity index (χ2n) is 8.45. The zero-order chi connectivity index (χ0) is 24.7. The first-order valence-corrected chi connectivity index (χ1v) is 11.0. The van der Waals surface area contributed by atoms with Gasteiger partial charge in [0.05, 0.1) is 33.2 Å². The van der Waals surface area contributed by atoms with Crippen LogP contribution in [0.3, 0.4) is 0 Å². The number of halogens is 2. The zero-order valence-electron chi connectivity index (χ0n) is 19.0. The van der Waals surface area contributed by atoms with Gasteiger partial charge in [-0.25, -0.2) is 19.3 Å². The summed E-state index contributed by atoms with van der Waals surface area (Å²) in [5.41, 5.74) is 0.531. The highest BCUT2D eigenvalue weighted by Crippen LogP contribution is 2.37. The highest BCUT2D eigenvalue weighted by molar-refractivity contribution is 6.33. The molecule has 0 aliphatic heterocycles. The van der Waals surface area contributed by atoms with E-state index in [-0.39, 0.29) is 39.1 Å². The predicted octanol–water partition coefficient (Wildman–Crippen LogP) is 5.46. The lowest BCUT2D eigenvalue weighted by Gasteiger charge is -2.21. The number of benzene rings is 1. The Labute approximate surface area is 200 Å². The minimum atomic E-state index is -0.777. The van der Waals surface area contributed by atoms with Gasteiger partial charge in [-0.1, -0.05) is 51.4 Å². The van der Waals surface area contributed by atoms with Crippen LogP contribution in [0, 0.1) is 17.1 Å². The van der Waals surface area contributed by atoms with Crippen molar-refractivity contribution in [3.63, 3.8) is 0 Å². The van der Waals surface area contributed by atoms with Crippen molar-refractivity contribution in [2.75, 3.05) is 0 Å². The molecule has 1 N–H and O–H groups in total. The molecule has 0 atom stereocenters. The van der Waals surface area contributed by atoms with Crippen molar-refractivity contribution < 1.29 is 9.50 Å². The van der Waals surface area contributed by atoms with Gasteiger partial charge in [-0.15, -0.1) is 0 Å². The average molecular weight is 478 g/mol. The molecule has 0 radical (unpaired) electrons. The average Bonchev–Trinajstić information content (AvgIpc) is 2.80. The topological polar surface area (TPSA) is 105 Å². The maximum Gasteiger partial charge on any atom is 0.278 e. The van der Waals surface area contributed by atoms with Gasteiger partial charge in [0.15, 0.2) is 11.2 Å². The van der Waals surface area contributed by atoms with Crippen LogP contribution in [0.2, 0.25) is 5.02 Å². The van der Waals surface area contributed by atoms with Crippen LogP contribution in [0.5, 0.6) is 5.75 Å². The molecule has 0 amide bonds. The summed E-state index contributed by atoms with van der Waals surface area (Å²) in [6.45, 7) is 7.68. The molecular weight excluding hydrogens is 457 g/mol. The van der Waals surface area contributed by atoms with Crippen LogP contribution in [-0.2, 0) is 0 Å². The number of hydrogen-bond acceptors (Lipinski definition) is 6. The summed E-state index contributed by atoms with van der Waals surface area (Å²) in [5, 5.41) is 20.6. The number of fused-ring (bicyclic) bond motifs is 1. The smallest absolute Gasteiger partial charge is 0.278 e. The van der Waals surface area contributed by atoms with Crippen molar-refractivity contribution in [3.05, 3.63) is 74.8 Å². The third-order valence-electron chi connectivity index (χ3n) is 5.51. The molecule has 34 heavy (non-hydrogen) atoms. The van der Waals surface area contributed by atoms with E-state index in [0.29, 0.717) is 17.1 Å². The van der Waals surface area contributed by atoms with Gasteiger partial charge in [0.25, 0.3) is 5.56 Å². The molecule has 3 heterocycles. The number of aromatic nitrogens is 4. The second kappa shape index (κ2) is 8.84. The summed E-state index contributed by atoms with van der Waals surface area (Å²) in [6, 6.07) is 9.14. The quantitative estimate of drug-likeness (QED) is 0.418. The third-order valence-corrected chi connectivity index (χ3v) is 5.80. The molecule has 0 saturated heterocycles. The van der Waals surface area contributed by atoms with E-state index in [1.54, 1.807) is 18.2 Å². The number of rotatable bonds is 4. The van der Waals surface area contributed by atoms with Crippen LogP contribution in [0.4, 0.5) is 4.39 Å². The fraction of sp³-hybridized carbons (Fsp3) is 0.240. The number of aromatic hydroxyl groups is 1. The third kappa shape index (κ3) is 3.68. The Morgan fingerprint density at radius 3 is 2.29 bits per heavy atom. The van der Waals surface area contributed by atoms with Gasteiger partial charge in [-0.05, 0) is 30.0 Å². The molecule has 3 aromatic heterocycles. The molecule has 4 aromatic rings. The Hall–Kier alpha value is -3.83. The molecule has 7 nitrogen and oxygen atoms in total. The Morgan fingerprint density at radius 1 is 1.12 bits per heavy atom. The number of nitrogens with zero attached hydrogens (tertiary/aromatic N) is 5. The molecule has 0 fully saturated rings. The first kappa shape index (κ1) is 23.3. The highest BCUT2D eigenvalue weighted by Gasteiger charge is 2.26. The number of pyridine rings is 2. The van der Waals surface area contributed by atoms with Gasteiger partial charge in [0.2, 0.25) is 0 Å². The molecule has 0 saturated carbocycles. The van der Waals surface area contributed by atoms with Crippen molar-refractivity contribution in [1.29, 1.82) is 5.26 Å². The Morgan fingerprint density at radius 2 is 1.74 bits per heavy atom. The van der Waals surface area contributed by atoms with Crippen LogP contribution in [0.25, 0.3) is 28.0 Å². The van der Waals surface area contributed by atoms with E-state index in [0.717, 1.165) is 0 Å². The fourth-order valence-corrected chi connectivity index (χ4v) is 4.15. The van der Waals surface area contributed by atoms with Crippen molar-refractivity contribution in [2.24, 2.45) is 0 Å². The SMILES string of the molecule is CC(C)c1ncnc(C(C)C)c1-n1c(=O)c(C#N)c(O)c2cc(Cl)c(-c3ccccc3F)nc21. The standard InChI is InChI=1S/C25H21ClFN5O2/c1-12(2)19-22(20(13(3)4)30-11-29-19)32-24-15(23(33)16(10-28)25(32)34)9-17(26)21(31-24)14-7-5-6-8-18(14)27/h5-9,11-13,33H,1-4H3. The summed E-state index contributed by atoms with van der Waals surface area (Å²) < 4.78 is 15.9. The van der Waals surface area contributed by atoms with Gasteiger partial charge >= 0.3 is 0 Å². The molecule has 4 rings (SSSR count). The summed E-state index contributed by atoms with van der Waals surface area (Å²) >= 11 is 6.44. The van der Waals surface area contributed by atoms with Gasteiger partial charge in [-0.3, -0.25) is 9.36 Å². The Bertz CT molecular complexity index is 1510. The van der Waals surface area contributed by atoms with Gasteiger partial charge in [0, 0.05) is 5.56 Å². The molecule has 0 aliphatic carbocycles. The van der Waals surface area contributed by atoms with Gasteiger partial charge < -0.3 is 5.11 Å². The monoisotopic (exact) mass is 477 g/mol. The van der Waals surface area contributed by atoms with E-state index in [9.17, 15) is 19.6 Å². The van der Waals surface area contributed by atoms with E-state index in [4.69, 9.17) is 11.6 Å². The van der Waals surface area contributed by atoms with E-state index in [1.807, 2.05) is 27.7 Å². The lowest BCUT2D eigenvalue weighted by molar-refractivity contribution is 0.478. The van der Waals surface area contributed by atoms with Crippen molar-refractivity contribution >= 4 is 22.6 Å². The lowest BCUT2D eigenvalue weighted by atomic mass is 10.0. The van der Waals surface area contributed by atoms with Crippen LogP contribution >= 0.6 is 11.6 Å². The number of hydrogen-bond donors (Lipinski definition) is 1. The Kier molecular flexibility index (Phi) is 6.07. The van der Waals surface area contributed by atoms with Crippen LogP contribution in [-0.4, -0.2) is 24.6 Å². The van der Waals surface area contributed by atoms with E-state index in [2.05, 4.69) is 15.0 Å². The summed E-state index contributed by atoms with van der Waals surface area (Å²) in [4.78, 5) is 26.9. The summed E-state index contributed by atoms with van der Waals surface area (Å²) in [6.07, 6.45) is 1.43. The Balaban J connectivity index is 2.26. The fourth-order valence-electron chi connectivity index (χ4n) is 3.90. The molecule has 9 heteroatoms. The van der Waals surface area contributed by atoms with Crippen LogP contribution in [0.15, 0.2) is 41.5 Å². The molecule has 1 aromatic carbocycles. The van der Waals surface area contributed by atoms with Crippen molar-refractivity contribution in [1.82, 2.24) is 19.5 Å². The summed E-state index contributed by atoms with van der Waals surface area (Å²) in [5.74, 6) is -1.29. The minimum Gasteiger partial charge on any atom is -0.506 e. The normalized spacial score (nSPS) is 11.4. The first-order chi connectivity index (χ1) is 16.2. The maximum atomic E-state index is 14.6. The zero-order valence-corrected chi connectivity index (χ0v) is 19.7. The second-order valence-corrected chi connectivity index (χ2v) is 8.86. The van der Waals surface area contributed by atoms with Crippen LogP contribution < -0.4 is 5.56 Å². The first-order valence-electron chi connectivity index (χ1n) is 10.7. The molecule has 0 unspecified atom stereocenters. The molecular formula is C25H21ClFN5O2. The van der Waals surface area contributed by atoms with Crippen molar-refractivity contribution in [2.45, 2.75) is 39.5 Å². The molecule has 0 spiro atoms. The molecule has 0 bridgehead atoms. The van der Waals surface area contributed by atoms with Gasteiger partial charge in [0.1, 0.15) is 24.0 Å². The number of nitriles is 1. The van der Waals surface area contributed by atoms with E-state index >= 15 is 0 Å². The van der Waals surface area contributed by atoms with E-state index < -0.39 is 22.7 Å². The van der Waals surface area contributed by atoms with Gasteiger partial charge in [-0.2, -0.15) is 5.26 Å². The van der Waals surface area contributed by atoms with E-state index in [1.165, 1.54) is 29.1 Å². The predicted molar refractivity (Wildman–Crippen MR) is 128 cm³/mol.